The molecule has 1 saturated carbocycles. The van der Waals surface area contributed by atoms with Crippen molar-refractivity contribution < 1.29 is 9.53 Å². The summed E-state index contributed by atoms with van der Waals surface area (Å²) in [4.78, 5) is 10.9. The van der Waals surface area contributed by atoms with Crippen LogP contribution in [0.2, 0.25) is 0 Å². The van der Waals surface area contributed by atoms with E-state index < -0.39 is 0 Å². The highest BCUT2D eigenvalue weighted by molar-refractivity contribution is 7.81. The average molecular weight is 186 g/mol. The molecule has 0 amide bonds. The predicted octanol–water partition coefficient (Wildman–Crippen LogP) is 1.96. The van der Waals surface area contributed by atoms with E-state index in [4.69, 9.17) is 4.74 Å². The van der Waals surface area contributed by atoms with Crippen LogP contribution < -0.4 is 0 Å². The SMILES string of the molecule is C=CC(=O)OC1CCCCC1S. The molecule has 0 aromatic heterocycles. The fourth-order valence-electron chi connectivity index (χ4n) is 1.41. The van der Waals surface area contributed by atoms with Crippen LogP contribution in [0.5, 0.6) is 0 Å². The summed E-state index contributed by atoms with van der Waals surface area (Å²) in [5.41, 5.74) is 0. The Morgan fingerprint density at radius 2 is 2.17 bits per heavy atom. The Kier molecular flexibility index (Phi) is 3.66. The molecule has 0 heterocycles. The first-order valence-corrected chi connectivity index (χ1v) is 4.77. The third-order valence-electron chi connectivity index (χ3n) is 2.10. The number of hydrogen-bond acceptors (Lipinski definition) is 3. The first kappa shape index (κ1) is 9.65. The van der Waals surface area contributed by atoms with Crippen LogP contribution in [0.25, 0.3) is 0 Å². The Morgan fingerprint density at radius 3 is 2.75 bits per heavy atom. The summed E-state index contributed by atoms with van der Waals surface area (Å²) in [6.07, 6.45) is 5.50. The largest absolute Gasteiger partial charge is 0.458 e. The second kappa shape index (κ2) is 4.55. The molecule has 0 bridgehead atoms. The van der Waals surface area contributed by atoms with Crippen molar-refractivity contribution in [3.05, 3.63) is 12.7 Å². The van der Waals surface area contributed by atoms with Gasteiger partial charge in [-0.05, 0) is 19.3 Å². The van der Waals surface area contributed by atoms with Crippen molar-refractivity contribution in [3.8, 4) is 0 Å². The molecule has 0 N–H and O–H groups in total. The number of carbonyl (C=O) groups excluding carboxylic acids is 1. The van der Waals surface area contributed by atoms with Crippen LogP contribution in [0.1, 0.15) is 25.7 Å². The predicted molar refractivity (Wildman–Crippen MR) is 51.3 cm³/mol. The Bertz CT molecular complexity index is 179. The van der Waals surface area contributed by atoms with Crippen LogP contribution in [0.4, 0.5) is 0 Å². The van der Waals surface area contributed by atoms with Crippen LogP contribution in [0, 0.1) is 0 Å². The number of rotatable bonds is 2. The minimum Gasteiger partial charge on any atom is -0.458 e. The molecule has 0 radical (unpaired) electrons. The molecule has 0 aromatic carbocycles. The van der Waals surface area contributed by atoms with E-state index in [1.54, 1.807) is 0 Å². The standard InChI is InChI=1S/C9H14O2S/c1-2-9(10)11-7-5-3-4-6-8(7)12/h2,7-8,12H,1,3-6H2. The second-order valence-electron chi connectivity index (χ2n) is 3.03. The third kappa shape index (κ3) is 2.55. The molecule has 2 nitrogen and oxygen atoms in total. The number of esters is 1. The first-order chi connectivity index (χ1) is 5.74. The Morgan fingerprint density at radius 1 is 1.50 bits per heavy atom. The maximum Gasteiger partial charge on any atom is 0.330 e. The van der Waals surface area contributed by atoms with Crippen LogP contribution in [0.15, 0.2) is 12.7 Å². The van der Waals surface area contributed by atoms with Gasteiger partial charge in [0.15, 0.2) is 0 Å². The van der Waals surface area contributed by atoms with Gasteiger partial charge in [0.25, 0.3) is 0 Å². The van der Waals surface area contributed by atoms with Crippen LogP contribution in [0.3, 0.4) is 0 Å². The molecule has 1 rings (SSSR count). The lowest BCUT2D eigenvalue weighted by molar-refractivity contribution is -0.143. The molecule has 1 fully saturated rings. The lowest BCUT2D eigenvalue weighted by Crippen LogP contribution is -2.30. The molecule has 2 atom stereocenters. The highest BCUT2D eigenvalue weighted by Gasteiger charge is 2.24. The molecule has 3 heteroatoms. The summed E-state index contributed by atoms with van der Waals surface area (Å²) in [7, 11) is 0. The maximum atomic E-state index is 10.9. The summed E-state index contributed by atoms with van der Waals surface area (Å²) in [5.74, 6) is -0.332. The van der Waals surface area contributed by atoms with Gasteiger partial charge in [0, 0.05) is 11.3 Å². The fraction of sp³-hybridized carbons (Fsp3) is 0.667. The lowest BCUT2D eigenvalue weighted by atomic mass is 9.97. The van der Waals surface area contributed by atoms with Gasteiger partial charge >= 0.3 is 5.97 Å². The van der Waals surface area contributed by atoms with Gasteiger partial charge in [0.2, 0.25) is 0 Å². The van der Waals surface area contributed by atoms with Gasteiger partial charge in [0.1, 0.15) is 6.10 Å². The van der Waals surface area contributed by atoms with E-state index in [0.29, 0.717) is 0 Å². The molecule has 0 aromatic rings. The molecule has 1 aliphatic carbocycles. The first-order valence-electron chi connectivity index (χ1n) is 4.25. The van der Waals surface area contributed by atoms with Gasteiger partial charge in [-0.2, -0.15) is 12.6 Å². The molecule has 0 aliphatic heterocycles. The zero-order chi connectivity index (χ0) is 8.97. The van der Waals surface area contributed by atoms with Gasteiger partial charge in [-0.1, -0.05) is 13.0 Å². The van der Waals surface area contributed by atoms with Gasteiger partial charge in [0.05, 0.1) is 0 Å². The molecular formula is C9H14O2S. The van der Waals surface area contributed by atoms with E-state index in [9.17, 15) is 4.79 Å². The van der Waals surface area contributed by atoms with Crippen molar-refractivity contribution in [2.75, 3.05) is 0 Å². The summed E-state index contributed by atoms with van der Waals surface area (Å²) in [6.45, 7) is 3.35. The summed E-state index contributed by atoms with van der Waals surface area (Å²) >= 11 is 4.36. The minimum absolute atomic E-state index is 0.00687. The number of hydrogen-bond donors (Lipinski definition) is 1. The van der Waals surface area contributed by atoms with E-state index >= 15 is 0 Å². The number of ether oxygens (including phenoxy) is 1. The van der Waals surface area contributed by atoms with E-state index in [-0.39, 0.29) is 17.3 Å². The summed E-state index contributed by atoms with van der Waals surface area (Å²) < 4.78 is 5.12. The quantitative estimate of drug-likeness (QED) is 0.405. The highest BCUT2D eigenvalue weighted by Crippen LogP contribution is 2.25. The monoisotopic (exact) mass is 186 g/mol. The normalized spacial score (nSPS) is 29.4. The summed E-state index contributed by atoms with van der Waals surface area (Å²) in [5, 5.41) is 0.211. The van der Waals surface area contributed by atoms with E-state index in [0.717, 1.165) is 19.3 Å². The van der Waals surface area contributed by atoms with Crippen LogP contribution in [-0.2, 0) is 9.53 Å². The van der Waals surface area contributed by atoms with Crippen molar-refractivity contribution in [3.63, 3.8) is 0 Å². The van der Waals surface area contributed by atoms with Crippen molar-refractivity contribution in [2.45, 2.75) is 37.0 Å². The second-order valence-corrected chi connectivity index (χ2v) is 3.69. The van der Waals surface area contributed by atoms with E-state index in [2.05, 4.69) is 19.2 Å². The van der Waals surface area contributed by atoms with Gasteiger partial charge < -0.3 is 4.74 Å². The Balaban J connectivity index is 2.38. The minimum atomic E-state index is -0.332. The van der Waals surface area contributed by atoms with E-state index in [1.165, 1.54) is 12.5 Å². The van der Waals surface area contributed by atoms with Gasteiger partial charge in [-0.25, -0.2) is 4.79 Å². The van der Waals surface area contributed by atoms with Crippen LogP contribution in [-0.4, -0.2) is 17.3 Å². The maximum absolute atomic E-state index is 10.9. The van der Waals surface area contributed by atoms with Crippen LogP contribution >= 0.6 is 12.6 Å². The third-order valence-corrected chi connectivity index (χ3v) is 2.69. The molecule has 2 unspecified atom stereocenters. The smallest absolute Gasteiger partial charge is 0.330 e. The Hall–Kier alpha value is -0.440. The molecule has 0 saturated heterocycles. The number of carbonyl (C=O) groups is 1. The molecule has 1 aliphatic rings. The highest BCUT2D eigenvalue weighted by atomic mass is 32.1. The molecule has 12 heavy (non-hydrogen) atoms. The van der Waals surface area contributed by atoms with Gasteiger partial charge in [-0.3, -0.25) is 0 Å². The molecule has 68 valence electrons. The van der Waals surface area contributed by atoms with E-state index in [1.807, 2.05) is 0 Å². The summed E-state index contributed by atoms with van der Waals surface area (Å²) in [6, 6.07) is 0. The zero-order valence-corrected chi connectivity index (χ0v) is 7.93. The van der Waals surface area contributed by atoms with Crippen molar-refractivity contribution in [1.29, 1.82) is 0 Å². The van der Waals surface area contributed by atoms with Crippen molar-refractivity contribution >= 4 is 18.6 Å². The average Bonchev–Trinajstić information content (AvgIpc) is 2.09. The lowest BCUT2D eigenvalue weighted by Gasteiger charge is -2.27. The van der Waals surface area contributed by atoms with Crippen molar-refractivity contribution in [2.24, 2.45) is 0 Å². The topological polar surface area (TPSA) is 26.3 Å². The molecule has 0 spiro atoms. The van der Waals surface area contributed by atoms with Gasteiger partial charge in [-0.15, -0.1) is 0 Å². The zero-order valence-electron chi connectivity index (χ0n) is 7.03. The fourth-order valence-corrected chi connectivity index (χ4v) is 1.80. The van der Waals surface area contributed by atoms with Crippen molar-refractivity contribution in [1.82, 2.24) is 0 Å². The number of thiol groups is 1. The molecular weight excluding hydrogens is 172 g/mol. The Labute approximate surface area is 78.4 Å².